The number of sulfonamides is 1. The number of rotatable bonds is 6. The lowest BCUT2D eigenvalue weighted by Gasteiger charge is -2.09. The van der Waals surface area contributed by atoms with Crippen LogP contribution in [0.25, 0.3) is 0 Å². The smallest absolute Gasteiger partial charge is 0.325 e. The largest absolute Gasteiger partial charge is 0.480 e. The summed E-state index contributed by atoms with van der Waals surface area (Å²) < 4.78 is 27.6. The van der Waals surface area contributed by atoms with Crippen molar-refractivity contribution >= 4 is 27.8 Å². The van der Waals surface area contributed by atoms with Gasteiger partial charge in [0.2, 0.25) is 10.0 Å². The molecule has 1 aromatic heterocycles. The normalized spacial score (nSPS) is 19.7. The van der Waals surface area contributed by atoms with Crippen molar-refractivity contribution in [3.63, 3.8) is 0 Å². The van der Waals surface area contributed by atoms with E-state index in [2.05, 4.69) is 9.82 Å². The molecule has 0 radical (unpaired) electrons. The Morgan fingerprint density at radius 2 is 2.42 bits per heavy atom. The summed E-state index contributed by atoms with van der Waals surface area (Å²) in [7, 11) is -3.60. The average molecular weight is 305 g/mol. The van der Waals surface area contributed by atoms with E-state index in [1.807, 2.05) is 0 Å². The molecule has 2 heterocycles. The number of carboxylic acids is 1. The second-order valence-electron chi connectivity index (χ2n) is 4.25. The van der Waals surface area contributed by atoms with Gasteiger partial charge in [0.25, 0.3) is 0 Å². The first-order valence-electron chi connectivity index (χ1n) is 5.83. The van der Waals surface area contributed by atoms with Crippen molar-refractivity contribution in [2.45, 2.75) is 29.5 Å². The van der Waals surface area contributed by atoms with Crippen LogP contribution in [0.2, 0.25) is 0 Å². The number of aromatic nitrogens is 2. The molecule has 1 aliphatic rings. The van der Waals surface area contributed by atoms with E-state index in [9.17, 15) is 13.2 Å². The van der Waals surface area contributed by atoms with Gasteiger partial charge in [0.15, 0.2) is 0 Å². The Balaban J connectivity index is 1.98. The fourth-order valence-electron chi connectivity index (χ4n) is 1.80. The van der Waals surface area contributed by atoms with E-state index in [1.54, 1.807) is 11.8 Å². The number of thioether (sulfide) groups is 1. The van der Waals surface area contributed by atoms with E-state index >= 15 is 0 Å². The van der Waals surface area contributed by atoms with Crippen LogP contribution in [0.1, 0.15) is 12.8 Å². The molecule has 2 N–H and O–H groups in total. The van der Waals surface area contributed by atoms with Gasteiger partial charge in [-0.2, -0.15) is 16.9 Å². The highest BCUT2D eigenvalue weighted by molar-refractivity contribution is 8.00. The van der Waals surface area contributed by atoms with Gasteiger partial charge in [-0.1, -0.05) is 0 Å². The maximum absolute atomic E-state index is 12.0. The molecular weight excluding hydrogens is 290 g/mol. The lowest BCUT2D eigenvalue weighted by Crippen LogP contribution is -2.29. The summed E-state index contributed by atoms with van der Waals surface area (Å²) in [4.78, 5) is 10.5. The average Bonchev–Trinajstić information content (AvgIpc) is 2.96. The lowest BCUT2D eigenvalue weighted by molar-refractivity contribution is -0.137. The van der Waals surface area contributed by atoms with E-state index in [0.29, 0.717) is 11.8 Å². The summed E-state index contributed by atoms with van der Waals surface area (Å²) in [6, 6.07) is 0. The molecule has 2 rings (SSSR count). The van der Waals surface area contributed by atoms with Crippen molar-refractivity contribution in [1.29, 1.82) is 0 Å². The zero-order chi connectivity index (χ0) is 13.9. The molecule has 0 aliphatic carbocycles. The van der Waals surface area contributed by atoms with Crippen LogP contribution in [-0.2, 0) is 21.4 Å². The first kappa shape index (κ1) is 14.4. The fraction of sp³-hybridized carbons (Fsp3) is 0.600. The van der Waals surface area contributed by atoms with Crippen LogP contribution in [0.15, 0.2) is 17.3 Å². The predicted octanol–water partition coefficient (Wildman–Crippen LogP) is 0.142. The molecule has 0 saturated carbocycles. The summed E-state index contributed by atoms with van der Waals surface area (Å²) in [6.45, 7) is 0.0467. The highest BCUT2D eigenvalue weighted by atomic mass is 32.2. The molecule has 1 aliphatic heterocycles. The number of nitrogens with one attached hydrogen (secondary N) is 1. The number of carboxylic acid groups (broad SMARTS) is 1. The molecule has 106 valence electrons. The van der Waals surface area contributed by atoms with Crippen molar-refractivity contribution < 1.29 is 18.3 Å². The fourth-order valence-corrected chi connectivity index (χ4v) is 4.14. The van der Waals surface area contributed by atoms with E-state index in [1.165, 1.54) is 6.20 Å². The highest BCUT2D eigenvalue weighted by Gasteiger charge is 2.21. The van der Waals surface area contributed by atoms with Gasteiger partial charge in [-0.15, -0.1) is 0 Å². The van der Waals surface area contributed by atoms with Gasteiger partial charge in [-0.05, 0) is 18.6 Å². The molecule has 19 heavy (non-hydrogen) atoms. The van der Waals surface area contributed by atoms with Crippen molar-refractivity contribution in [1.82, 2.24) is 14.5 Å². The summed E-state index contributed by atoms with van der Waals surface area (Å²) >= 11 is 1.77. The van der Waals surface area contributed by atoms with Crippen molar-refractivity contribution in [3.05, 3.63) is 12.4 Å². The second-order valence-corrected chi connectivity index (χ2v) is 7.43. The van der Waals surface area contributed by atoms with Crippen LogP contribution in [0.3, 0.4) is 0 Å². The zero-order valence-corrected chi connectivity index (χ0v) is 11.8. The first-order valence-corrected chi connectivity index (χ1v) is 8.36. The topological polar surface area (TPSA) is 101 Å². The number of hydrogen-bond donors (Lipinski definition) is 2. The molecule has 0 bridgehead atoms. The zero-order valence-electron chi connectivity index (χ0n) is 10.2. The SMILES string of the molecule is O=C(O)Cn1cc(S(=O)(=O)NCC2CCCS2)cn1. The highest BCUT2D eigenvalue weighted by Crippen LogP contribution is 2.25. The minimum atomic E-state index is -3.60. The molecule has 0 amide bonds. The van der Waals surface area contributed by atoms with Crippen LogP contribution < -0.4 is 4.72 Å². The quantitative estimate of drug-likeness (QED) is 0.775. The molecule has 7 nitrogen and oxygen atoms in total. The third kappa shape index (κ3) is 3.95. The summed E-state index contributed by atoms with van der Waals surface area (Å²) in [6.07, 6.45) is 4.52. The number of nitrogens with zero attached hydrogens (tertiary/aromatic N) is 2. The van der Waals surface area contributed by atoms with Crippen LogP contribution in [-0.4, -0.2) is 46.8 Å². The molecule has 1 saturated heterocycles. The standard InChI is InChI=1S/C10H15N3O4S2/c14-10(15)7-13-6-9(5-11-13)19(16,17)12-4-8-2-1-3-18-8/h5-6,8,12H,1-4,7H2,(H,14,15). The van der Waals surface area contributed by atoms with Gasteiger partial charge in [0.05, 0.1) is 6.20 Å². The van der Waals surface area contributed by atoms with E-state index in [-0.39, 0.29) is 11.4 Å². The van der Waals surface area contributed by atoms with Gasteiger partial charge in [-0.25, -0.2) is 13.1 Å². The molecule has 9 heteroatoms. The maximum atomic E-state index is 12.0. The number of aliphatic carboxylic acids is 1. The minimum absolute atomic E-state index is 0.00301. The van der Waals surface area contributed by atoms with Gasteiger partial charge < -0.3 is 5.11 Å². The lowest BCUT2D eigenvalue weighted by atomic mass is 10.2. The van der Waals surface area contributed by atoms with Gasteiger partial charge in [0.1, 0.15) is 11.4 Å². The van der Waals surface area contributed by atoms with Crippen LogP contribution in [0, 0.1) is 0 Å². The third-order valence-electron chi connectivity index (χ3n) is 2.74. The molecule has 0 spiro atoms. The minimum Gasteiger partial charge on any atom is -0.480 e. The Bertz CT molecular complexity index is 549. The summed E-state index contributed by atoms with van der Waals surface area (Å²) in [5.74, 6) is 0.00510. The summed E-state index contributed by atoms with van der Waals surface area (Å²) in [5.41, 5.74) is 0. The van der Waals surface area contributed by atoms with Crippen LogP contribution >= 0.6 is 11.8 Å². The van der Waals surface area contributed by atoms with E-state index < -0.39 is 16.0 Å². The molecule has 1 unspecified atom stereocenters. The van der Waals surface area contributed by atoms with E-state index in [4.69, 9.17) is 5.11 Å². The number of hydrogen-bond acceptors (Lipinski definition) is 5. The van der Waals surface area contributed by atoms with E-state index in [0.717, 1.165) is 29.5 Å². The molecular formula is C10H15N3O4S2. The molecule has 1 fully saturated rings. The summed E-state index contributed by atoms with van der Waals surface area (Å²) in [5, 5.41) is 12.6. The predicted molar refractivity (Wildman–Crippen MR) is 70.5 cm³/mol. The Labute approximate surface area is 115 Å². The Morgan fingerprint density at radius 1 is 1.63 bits per heavy atom. The Hall–Kier alpha value is -1.06. The van der Waals surface area contributed by atoms with Gasteiger partial charge in [-0.3, -0.25) is 9.48 Å². The number of carbonyl (C=O) groups is 1. The van der Waals surface area contributed by atoms with Crippen molar-refractivity contribution in [2.75, 3.05) is 12.3 Å². The Kier molecular flexibility index (Phi) is 4.48. The first-order chi connectivity index (χ1) is 8.97. The Morgan fingerprint density at radius 3 is 3.05 bits per heavy atom. The third-order valence-corrected chi connectivity index (χ3v) is 5.52. The monoisotopic (exact) mass is 305 g/mol. The van der Waals surface area contributed by atoms with Gasteiger partial charge >= 0.3 is 5.97 Å². The second kappa shape index (κ2) is 5.93. The van der Waals surface area contributed by atoms with Crippen molar-refractivity contribution in [3.8, 4) is 0 Å². The van der Waals surface area contributed by atoms with Crippen molar-refractivity contribution in [2.24, 2.45) is 0 Å². The molecule has 1 atom stereocenters. The molecule has 0 aromatic carbocycles. The van der Waals surface area contributed by atoms with Gasteiger partial charge in [0, 0.05) is 18.0 Å². The maximum Gasteiger partial charge on any atom is 0.325 e. The molecule has 1 aromatic rings. The van der Waals surface area contributed by atoms with Crippen LogP contribution in [0.5, 0.6) is 0 Å². The van der Waals surface area contributed by atoms with Crippen LogP contribution in [0.4, 0.5) is 0 Å².